The number of benzene rings is 3. The number of ether oxygens (including phenoxy) is 1. The Labute approximate surface area is 233 Å². The maximum absolute atomic E-state index is 12.8. The standard InChI is InChI=1S/C31H31NO7Si/c1-35-40(36-2,37-3)18-10-17-32-29(33)26-20-23-19-22-15-16-31(24-11-6-4-7-12-24,25-13-8-5-9-14-25)39-28(22)21-27(23)38-30(26)34/h4-9,11-16,19-21H,10,17-18H2,1-3H3,(H,32,33). The minimum absolute atomic E-state index is 0.0650. The van der Waals surface area contributed by atoms with Crippen molar-refractivity contribution in [3.8, 4) is 5.75 Å². The van der Waals surface area contributed by atoms with Gasteiger partial charge in [0.1, 0.15) is 16.9 Å². The number of hydrogen-bond acceptors (Lipinski definition) is 7. The summed E-state index contributed by atoms with van der Waals surface area (Å²) >= 11 is 0. The summed E-state index contributed by atoms with van der Waals surface area (Å²) in [5, 5.41) is 3.40. The van der Waals surface area contributed by atoms with Gasteiger partial charge in [-0.15, -0.1) is 0 Å². The fraction of sp³-hybridized carbons (Fsp3) is 0.226. The monoisotopic (exact) mass is 557 g/mol. The molecule has 1 aliphatic rings. The summed E-state index contributed by atoms with van der Waals surface area (Å²) in [6.45, 7) is 0.322. The Bertz CT molecular complexity index is 1530. The molecule has 1 aromatic heterocycles. The number of nitrogens with one attached hydrogen (secondary N) is 1. The molecule has 0 saturated carbocycles. The van der Waals surface area contributed by atoms with Crippen molar-refractivity contribution in [3.63, 3.8) is 0 Å². The Morgan fingerprint density at radius 1 is 0.900 bits per heavy atom. The number of carbonyl (C=O) groups is 1. The molecule has 0 radical (unpaired) electrons. The highest BCUT2D eigenvalue weighted by atomic mass is 28.4. The van der Waals surface area contributed by atoms with E-state index in [1.54, 1.807) is 33.5 Å². The van der Waals surface area contributed by atoms with Crippen LogP contribution >= 0.6 is 0 Å². The second-order valence-corrected chi connectivity index (χ2v) is 12.5. The first-order valence-corrected chi connectivity index (χ1v) is 14.9. The van der Waals surface area contributed by atoms with Gasteiger partial charge in [-0.2, -0.15) is 0 Å². The molecule has 1 N–H and O–H groups in total. The lowest BCUT2D eigenvalue weighted by atomic mass is 9.83. The molecule has 1 amide bonds. The Balaban J connectivity index is 1.41. The normalized spacial score (nSPS) is 14.0. The van der Waals surface area contributed by atoms with Crippen LogP contribution in [0, 0.1) is 0 Å². The molecule has 0 unspecified atom stereocenters. The van der Waals surface area contributed by atoms with Crippen molar-refractivity contribution in [3.05, 3.63) is 118 Å². The molecule has 1 aliphatic heterocycles. The third-order valence-corrected chi connectivity index (χ3v) is 9.99. The Hall–Kier alpha value is -4.02. The van der Waals surface area contributed by atoms with Gasteiger partial charge in [0.25, 0.3) is 5.91 Å². The van der Waals surface area contributed by atoms with Crippen LogP contribution in [-0.4, -0.2) is 42.6 Å². The lowest BCUT2D eigenvalue weighted by Gasteiger charge is -2.36. The molecular weight excluding hydrogens is 526 g/mol. The van der Waals surface area contributed by atoms with Gasteiger partial charge >= 0.3 is 14.4 Å². The Morgan fingerprint density at radius 3 is 2.12 bits per heavy atom. The first kappa shape index (κ1) is 27.5. The van der Waals surface area contributed by atoms with Crippen LogP contribution in [0.15, 0.2) is 94.2 Å². The molecule has 0 spiro atoms. The van der Waals surface area contributed by atoms with Gasteiger partial charge in [0.05, 0.1) is 0 Å². The lowest BCUT2D eigenvalue weighted by Crippen LogP contribution is -2.43. The first-order chi connectivity index (χ1) is 19.4. The van der Waals surface area contributed by atoms with Crippen molar-refractivity contribution in [2.45, 2.75) is 18.1 Å². The van der Waals surface area contributed by atoms with Crippen molar-refractivity contribution >= 4 is 31.8 Å². The summed E-state index contributed by atoms with van der Waals surface area (Å²) in [4.78, 5) is 25.6. The SMILES string of the molecule is CO[Si](CCCNC(=O)c1cc2cc3c(cc2oc1=O)OC(c1ccccc1)(c1ccccc1)C=C3)(OC)OC. The quantitative estimate of drug-likeness (QED) is 0.164. The van der Waals surface area contributed by atoms with Crippen molar-refractivity contribution in [1.29, 1.82) is 0 Å². The zero-order valence-electron chi connectivity index (χ0n) is 22.6. The predicted octanol–water partition coefficient (Wildman–Crippen LogP) is 5.14. The second kappa shape index (κ2) is 11.6. The summed E-state index contributed by atoms with van der Waals surface area (Å²) in [5.41, 5.74) is 1.46. The van der Waals surface area contributed by atoms with Gasteiger partial charge in [0.2, 0.25) is 0 Å². The van der Waals surface area contributed by atoms with Crippen LogP contribution in [0.1, 0.15) is 33.5 Å². The molecule has 3 aromatic carbocycles. The van der Waals surface area contributed by atoms with Gasteiger partial charge in [-0.1, -0.05) is 66.7 Å². The summed E-state index contributed by atoms with van der Waals surface area (Å²) in [5.74, 6) is 0.0667. The van der Waals surface area contributed by atoms with E-state index in [9.17, 15) is 9.59 Å². The van der Waals surface area contributed by atoms with E-state index >= 15 is 0 Å². The van der Waals surface area contributed by atoms with E-state index in [4.69, 9.17) is 22.4 Å². The molecule has 0 fully saturated rings. The van der Waals surface area contributed by atoms with E-state index in [-0.39, 0.29) is 5.56 Å². The van der Waals surface area contributed by atoms with Crippen LogP contribution in [0.5, 0.6) is 5.75 Å². The maximum atomic E-state index is 12.8. The number of hydrogen-bond donors (Lipinski definition) is 1. The Kier molecular flexibility index (Phi) is 7.99. The number of fused-ring (bicyclic) bond motifs is 2. The molecule has 8 nitrogen and oxygen atoms in total. The van der Waals surface area contributed by atoms with E-state index < -0.39 is 25.9 Å². The maximum Gasteiger partial charge on any atom is 0.500 e. The average molecular weight is 558 g/mol. The van der Waals surface area contributed by atoms with Gasteiger partial charge in [-0.3, -0.25) is 4.79 Å². The van der Waals surface area contributed by atoms with Crippen molar-refractivity contribution in [2.75, 3.05) is 27.9 Å². The van der Waals surface area contributed by atoms with E-state index in [2.05, 4.69) is 5.32 Å². The van der Waals surface area contributed by atoms with Gasteiger partial charge < -0.3 is 27.7 Å². The highest BCUT2D eigenvalue weighted by Gasteiger charge is 2.38. The number of carbonyl (C=O) groups excluding carboxylic acids is 1. The highest BCUT2D eigenvalue weighted by Crippen LogP contribution is 2.43. The molecule has 40 heavy (non-hydrogen) atoms. The minimum atomic E-state index is -2.73. The minimum Gasteiger partial charge on any atom is -0.473 e. The summed E-state index contributed by atoms with van der Waals surface area (Å²) in [7, 11) is 1.89. The topological polar surface area (TPSA) is 96.2 Å². The molecule has 0 atom stereocenters. The lowest BCUT2D eigenvalue weighted by molar-refractivity contribution is 0.0946. The van der Waals surface area contributed by atoms with Crippen LogP contribution in [-0.2, 0) is 18.9 Å². The Morgan fingerprint density at radius 2 is 1.52 bits per heavy atom. The average Bonchev–Trinajstić information content (AvgIpc) is 3.00. The summed E-state index contributed by atoms with van der Waals surface area (Å²) in [6.07, 6.45) is 4.59. The molecule has 5 rings (SSSR count). The predicted molar refractivity (Wildman–Crippen MR) is 154 cm³/mol. The molecule has 4 aromatic rings. The summed E-state index contributed by atoms with van der Waals surface area (Å²) < 4.78 is 28.5. The summed E-state index contributed by atoms with van der Waals surface area (Å²) in [6, 6.07) is 25.6. The van der Waals surface area contributed by atoms with E-state index in [1.165, 1.54) is 0 Å². The van der Waals surface area contributed by atoms with Gasteiger partial charge in [0, 0.05) is 62.1 Å². The van der Waals surface area contributed by atoms with Crippen LogP contribution in [0.2, 0.25) is 6.04 Å². The largest absolute Gasteiger partial charge is 0.500 e. The van der Waals surface area contributed by atoms with Gasteiger partial charge in [0.15, 0.2) is 5.60 Å². The van der Waals surface area contributed by atoms with Gasteiger partial charge in [-0.25, -0.2) is 4.79 Å². The third-order valence-electron chi connectivity index (χ3n) is 7.16. The zero-order valence-corrected chi connectivity index (χ0v) is 23.6. The van der Waals surface area contributed by atoms with Crippen LogP contribution in [0.3, 0.4) is 0 Å². The molecule has 206 valence electrons. The first-order valence-electron chi connectivity index (χ1n) is 13.0. The molecule has 0 aliphatic carbocycles. The van der Waals surface area contributed by atoms with Crippen LogP contribution in [0.25, 0.3) is 17.0 Å². The van der Waals surface area contributed by atoms with E-state index in [1.807, 2.05) is 78.9 Å². The highest BCUT2D eigenvalue weighted by molar-refractivity contribution is 6.60. The second-order valence-electron chi connectivity index (χ2n) is 9.43. The fourth-order valence-electron chi connectivity index (χ4n) is 4.96. The third kappa shape index (κ3) is 5.24. The van der Waals surface area contributed by atoms with Crippen molar-refractivity contribution < 1.29 is 27.2 Å². The van der Waals surface area contributed by atoms with E-state index in [0.717, 1.165) is 16.7 Å². The number of amides is 1. The molecule has 0 saturated heterocycles. The van der Waals surface area contributed by atoms with Crippen LogP contribution < -0.4 is 15.7 Å². The van der Waals surface area contributed by atoms with E-state index in [0.29, 0.717) is 35.7 Å². The number of rotatable bonds is 10. The molecule has 0 bridgehead atoms. The van der Waals surface area contributed by atoms with Crippen LogP contribution in [0.4, 0.5) is 0 Å². The smallest absolute Gasteiger partial charge is 0.473 e. The molecule has 9 heteroatoms. The van der Waals surface area contributed by atoms with Crippen molar-refractivity contribution in [2.24, 2.45) is 0 Å². The molecule has 2 heterocycles. The molecular formula is C31H31NO7Si. The zero-order chi connectivity index (χ0) is 28.2. The van der Waals surface area contributed by atoms with Crippen molar-refractivity contribution in [1.82, 2.24) is 5.32 Å². The van der Waals surface area contributed by atoms with Gasteiger partial charge in [-0.05, 0) is 24.6 Å². The fourth-order valence-corrected chi connectivity index (χ4v) is 6.69.